The molecule has 0 fully saturated rings. The first-order valence-electron chi connectivity index (χ1n) is 7.62. The van der Waals surface area contributed by atoms with Gasteiger partial charge >= 0.3 is 0 Å². The SMILES string of the molecule is CC(C)(C)NC(=O)Cn1cnc2c(nnn2-c2cccc(F)c2)c1=O. The van der Waals surface area contributed by atoms with Crippen molar-refractivity contribution < 1.29 is 9.18 Å². The first-order valence-corrected chi connectivity index (χ1v) is 7.62. The number of nitrogens with one attached hydrogen (secondary N) is 1. The highest BCUT2D eigenvalue weighted by atomic mass is 19.1. The van der Waals surface area contributed by atoms with Crippen LogP contribution < -0.4 is 10.9 Å². The quantitative estimate of drug-likeness (QED) is 0.766. The van der Waals surface area contributed by atoms with E-state index in [4.69, 9.17) is 0 Å². The van der Waals surface area contributed by atoms with Crippen molar-refractivity contribution in [3.63, 3.8) is 0 Å². The van der Waals surface area contributed by atoms with Crippen molar-refractivity contribution in [3.8, 4) is 5.69 Å². The van der Waals surface area contributed by atoms with E-state index < -0.39 is 16.9 Å². The number of aromatic nitrogens is 5. The number of amides is 1. The molecule has 25 heavy (non-hydrogen) atoms. The molecule has 3 aromatic rings. The summed E-state index contributed by atoms with van der Waals surface area (Å²) < 4.78 is 15.8. The monoisotopic (exact) mass is 344 g/mol. The minimum absolute atomic E-state index is 0.00956. The van der Waals surface area contributed by atoms with Crippen LogP contribution in [0.3, 0.4) is 0 Å². The van der Waals surface area contributed by atoms with Crippen LogP contribution in [0.2, 0.25) is 0 Å². The number of carbonyl (C=O) groups is 1. The molecule has 0 radical (unpaired) electrons. The molecule has 0 aliphatic carbocycles. The fraction of sp³-hybridized carbons (Fsp3) is 0.312. The summed E-state index contributed by atoms with van der Waals surface area (Å²) in [5, 5.41) is 10.5. The van der Waals surface area contributed by atoms with Crippen molar-refractivity contribution in [2.24, 2.45) is 0 Å². The molecule has 3 rings (SSSR count). The van der Waals surface area contributed by atoms with Crippen LogP contribution in [0.4, 0.5) is 4.39 Å². The summed E-state index contributed by atoms with van der Waals surface area (Å²) in [6.45, 7) is 5.37. The van der Waals surface area contributed by atoms with E-state index in [2.05, 4.69) is 20.6 Å². The number of rotatable bonds is 3. The van der Waals surface area contributed by atoms with Gasteiger partial charge in [0.05, 0.1) is 5.69 Å². The molecule has 0 bridgehead atoms. The van der Waals surface area contributed by atoms with Gasteiger partial charge in [-0.25, -0.2) is 9.37 Å². The summed E-state index contributed by atoms with van der Waals surface area (Å²) in [6.07, 6.45) is 1.26. The third kappa shape index (κ3) is 3.54. The van der Waals surface area contributed by atoms with Crippen molar-refractivity contribution in [2.45, 2.75) is 32.9 Å². The molecule has 9 heteroatoms. The van der Waals surface area contributed by atoms with Gasteiger partial charge in [-0.1, -0.05) is 11.3 Å². The average molecular weight is 344 g/mol. The van der Waals surface area contributed by atoms with Crippen LogP contribution in [0.25, 0.3) is 16.9 Å². The maximum atomic E-state index is 13.4. The zero-order valence-corrected chi connectivity index (χ0v) is 14.0. The van der Waals surface area contributed by atoms with Crippen molar-refractivity contribution >= 4 is 17.1 Å². The molecular formula is C16H17FN6O2. The van der Waals surface area contributed by atoms with E-state index in [-0.39, 0.29) is 23.6 Å². The third-order valence-corrected chi connectivity index (χ3v) is 3.31. The minimum Gasteiger partial charge on any atom is -0.350 e. The number of benzene rings is 1. The van der Waals surface area contributed by atoms with E-state index >= 15 is 0 Å². The highest BCUT2D eigenvalue weighted by Crippen LogP contribution is 2.12. The van der Waals surface area contributed by atoms with Crippen LogP contribution in [0.15, 0.2) is 35.4 Å². The molecule has 0 saturated carbocycles. The molecule has 0 aliphatic heterocycles. The molecule has 0 atom stereocenters. The van der Waals surface area contributed by atoms with Crippen molar-refractivity contribution in [1.29, 1.82) is 0 Å². The lowest BCUT2D eigenvalue weighted by molar-refractivity contribution is -0.123. The molecule has 8 nitrogen and oxygen atoms in total. The first-order chi connectivity index (χ1) is 11.7. The van der Waals surface area contributed by atoms with Crippen molar-refractivity contribution in [3.05, 3.63) is 46.8 Å². The highest BCUT2D eigenvalue weighted by Gasteiger charge is 2.17. The summed E-state index contributed by atoms with van der Waals surface area (Å²) >= 11 is 0. The van der Waals surface area contributed by atoms with Crippen LogP contribution in [-0.2, 0) is 11.3 Å². The second-order valence-corrected chi connectivity index (χ2v) is 6.63. The molecule has 130 valence electrons. The summed E-state index contributed by atoms with van der Waals surface area (Å²) in [4.78, 5) is 28.6. The molecule has 0 aliphatic rings. The fourth-order valence-corrected chi connectivity index (χ4v) is 2.35. The van der Waals surface area contributed by atoms with Crippen LogP contribution in [0.1, 0.15) is 20.8 Å². The van der Waals surface area contributed by atoms with Gasteiger partial charge in [0.2, 0.25) is 5.91 Å². The Morgan fingerprint density at radius 2 is 2.08 bits per heavy atom. The number of fused-ring (bicyclic) bond motifs is 1. The zero-order chi connectivity index (χ0) is 18.2. The van der Waals surface area contributed by atoms with Gasteiger partial charge in [0.25, 0.3) is 5.56 Å². The van der Waals surface area contributed by atoms with Gasteiger partial charge in [-0.05, 0) is 39.0 Å². The Morgan fingerprint density at radius 3 is 2.76 bits per heavy atom. The van der Waals surface area contributed by atoms with Gasteiger partial charge in [0.1, 0.15) is 18.7 Å². The van der Waals surface area contributed by atoms with Crippen LogP contribution in [-0.4, -0.2) is 36.0 Å². The predicted molar refractivity (Wildman–Crippen MR) is 88.8 cm³/mol. The maximum absolute atomic E-state index is 13.4. The van der Waals surface area contributed by atoms with Crippen LogP contribution in [0, 0.1) is 5.82 Å². The maximum Gasteiger partial charge on any atom is 0.284 e. The molecule has 1 amide bonds. The van der Waals surface area contributed by atoms with Gasteiger partial charge in [0, 0.05) is 5.54 Å². The molecule has 1 N–H and O–H groups in total. The molecule has 0 unspecified atom stereocenters. The lowest BCUT2D eigenvalue weighted by atomic mass is 10.1. The van der Waals surface area contributed by atoms with E-state index in [9.17, 15) is 14.0 Å². The van der Waals surface area contributed by atoms with E-state index in [1.54, 1.807) is 6.07 Å². The summed E-state index contributed by atoms with van der Waals surface area (Å²) in [7, 11) is 0. The van der Waals surface area contributed by atoms with E-state index in [0.29, 0.717) is 5.69 Å². The third-order valence-electron chi connectivity index (χ3n) is 3.31. The molecule has 0 spiro atoms. The lowest BCUT2D eigenvalue weighted by Crippen LogP contribution is -2.43. The summed E-state index contributed by atoms with van der Waals surface area (Å²) in [5.74, 6) is -0.749. The Hall–Kier alpha value is -3.10. The number of carbonyl (C=O) groups excluding carboxylic acids is 1. The van der Waals surface area contributed by atoms with Gasteiger partial charge in [-0.3, -0.25) is 14.2 Å². The van der Waals surface area contributed by atoms with E-state index in [1.165, 1.54) is 29.2 Å². The van der Waals surface area contributed by atoms with Gasteiger partial charge < -0.3 is 5.32 Å². The van der Waals surface area contributed by atoms with Crippen molar-refractivity contribution in [1.82, 2.24) is 29.9 Å². The van der Waals surface area contributed by atoms with E-state index in [0.717, 1.165) is 4.57 Å². The number of hydrogen-bond donors (Lipinski definition) is 1. The number of nitrogens with zero attached hydrogens (tertiary/aromatic N) is 5. The Bertz CT molecular complexity index is 1000. The minimum atomic E-state index is -0.489. The van der Waals surface area contributed by atoms with Crippen molar-refractivity contribution in [2.75, 3.05) is 0 Å². The van der Waals surface area contributed by atoms with Gasteiger partial charge in [-0.15, -0.1) is 5.10 Å². The Kier molecular flexibility index (Phi) is 4.07. The first kappa shape index (κ1) is 16.7. The summed E-state index contributed by atoms with van der Waals surface area (Å²) in [5.41, 5.74) is -0.286. The second kappa shape index (κ2) is 6.08. The Labute approximate surface area is 142 Å². The Balaban J connectivity index is 1.97. The molecule has 1 aromatic carbocycles. The van der Waals surface area contributed by atoms with E-state index in [1.807, 2.05) is 20.8 Å². The molecule has 2 heterocycles. The molecular weight excluding hydrogens is 327 g/mol. The van der Waals surface area contributed by atoms with Gasteiger partial charge in [-0.2, -0.15) is 4.68 Å². The largest absolute Gasteiger partial charge is 0.350 e. The zero-order valence-electron chi connectivity index (χ0n) is 14.0. The highest BCUT2D eigenvalue weighted by molar-refractivity contribution is 5.77. The number of hydrogen-bond acceptors (Lipinski definition) is 5. The van der Waals surface area contributed by atoms with Gasteiger partial charge in [0.15, 0.2) is 11.2 Å². The van der Waals surface area contributed by atoms with Crippen LogP contribution >= 0.6 is 0 Å². The molecule has 2 aromatic heterocycles. The average Bonchev–Trinajstić information content (AvgIpc) is 2.93. The Morgan fingerprint density at radius 1 is 1.32 bits per heavy atom. The normalized spacial score (nSPS) is 11.7. The second-order valence-electron chi connectivity index (χ2n) is 6.63. The number of halogens is 1. The lowest BCUT2D eigenvalue weighted by Gasteiger charge is -2.20. The topological polar surface area (TPSA) is 94.7 Å². The smallest absolute Gasteiger partial charge is 0.284 e. The fourth-order valence-electron chi connectivity index (χ4n) is 2.35. The summed E-state index contributed by atoms with van der Waals surface area (Å²) in [6, 6.07) is 5.71. The van der Waals surface area contributed by atoms with Crippen LogP contribution in [0.5, 0.6) is 0 Å². The standard InChI is InChI=1S/C16H17FN6O2/c1-16(2,3)19-12(24)8-22-9-18-14-13(15(22)25)20-21-23(14)11-6-4-5-10(17)7-11/h4-7,9H,8H2,1-3H3,(H,19,24). The molecule has 0 saturated heterocycles. The predicted octanol–water partition coefficient (Wildman–Crippen LogP) is 1.03.